The standard InChI is InChI=1S/C25H29N3O3/c29-21(16-26-13-12-19-8-1-2-9-20(19)15-26)17-28-24(30)22-10-3-4-11-23(22)27(25(28)31)14-18-6-5-7-18/h1-4,8-11,18,21,29H,5-7,12-17H2/t21-/m1/s1. The molecular formula is C25H29N3O3. The first-order chi connectivity index (χ1) is 15.1. The number of hydrogen-bond donors (Lipinski definition) is 1. The summed E-state index contributed by atoms with van der Waals surface area (Å²) in [4.78, 5) is 28.6. The number of hydrogen-bond acceptors (Lipinski definition) is 4. The number of fused-ring (bicyclic) bond motifs is 2. The predicted molar refractivity (Wildman–Crippen MR) is 121 cm³/mol. The lowest BCUT2D eigenvalue weighted by Crippen LogP contribution is -2.46. The molecule has 3 aromatic rings. The van der Waals surface area contributed by atoms with E-state index in [-0.39, 0.29) is 17.8 Å². The zero-order valence-electron chi connectivity index (χ0n) is 17.7. The second kappa shape index (κ2) is 8.44. The number of para-hydroxylation sites is 1. The van der Waals surface area contributed by atoms with Crippen LogP contribution in [0.3, 0.4) is 0 Å². The number of aliphatic hydroxyl groups is 1. The molecule has 0 unspecified atom stereocenters. The van der Waals surface area contributed by atoms with E-state index in [1.54, 1.807) is 10.6 Å². The van der Waals surface area contributed by atoms with E-state index in [1.165, 1.54) is 22.1 Å². The Morgan fingerprint density at radius 3 is 2.45 bits per heavy atom. The van der Waals surface area contributed by atoms with Gasteiger partial charge in [-0.15, -0.1) is 0 Å². The van der Waals surface area contributed by atoms with Crippen LogP contribution in [0.4, 0.5) is 0 Å². The highest BCUT2D eigenvalue weighted by atomic mass is 16.3. The highest BCUT2D eigenvalue weighted by molar-refractivity contribution is 5.77. The number of benzene rings is 2. The van der Waals surface area contributed by atoms with E-state index < -0.39 is 6.10 Å². The van der Waals surface area contributed by atoms with Crippen molar-refractivity contribution in [1.29, 1.82) is 0 Å². The highest BCUT2D eigenvalue weighted by Gasteiger charge is 2.23. The summed E-state index contributed by atoms with van der Waals surface area (Å²) in [6.45, 7) is 2.75. The van der Waals surface area contributed by atoms with Crippen LogP contribution in [0.2, 0.25) is 0 Å². The summed E-state index contributed by atoms with van der Waals surface area (Å²) in [5.41, 5.74) is 2.72. The van der Waals surface area contributed by atoms with Gasteiger partial charge in [0.05, 0.1) is 23.6 Å². The van der Waals surface area contributed by atoms with Crippen LogP contribution < -0.4 is 11.2 Å². The zero-order chi connectivity index (χ0) is 21.4. The van der Waals surface area contributed by atoms with E-state index in [1.807, 2.05) is 24.3 Å². The molecule has 0 saturated heterocycles. The van der Waals surface area contributed by atoms with Crippen molar-refractivity contribution in [2.24, 2.45) is 5.92 Å². The quantitative estimate of drug-likeness (QED) is 0.666. The smallest absolute Gasteiger partial charge is 0.331 e. The summed E-state index contributed by atoms with van der Waals surface area (Å²) >= 11 is 0. The highest BCUT2D eigenvalue weighted by Crippen LogP contribution is 2.28. The molecule has 5 rings (SSSR count). The maximum Gasteiger partial charge on any atom is 0.331 e. The molecule has 0 spiro atoms. The largest absolute Gasteiger partial charge is 0.390 e. The van der Waals surface area contributed by atoms with Gasteiger partial charge in [-0.1, -0.05) is 42.8 Å². The van der Waals surface area contributed by atoms with Gasteiger partial charge in [-0.2, -0.15) is 0 Å². The Bertz CT molecular complexity index is 1210. The molecule has 2 aromatic carbocycles. The second-order valence-electron chi connectivity index (χ2n) is 9.03. The van der Waals surface area contributed by atoms with Crippen molar-refractivity contribution >= 4 is 10.9 Å². The maximum absolute atomic E-state index is 13.3. The molecule has 0 bridgehead atoms. The van der Waals surface area contributed by atoms with Gasteiger partial charge in [0.2, 0.25) is 0 Å². The van der Waals surface area contributed by atoms with Crippen LogP contribution in [0.25, 0.3) is 10.9 Å². The van der Waals surface area contributed by atoms with Crippen LogP contribution >= 0.6 is 0 Å². The Kier molecular flexibility index (Phi) is 5.50. The van der Waals surface area contributed by atoms with Crippen LogP contribution in [0, 0.1) is 5.92 Å². The van der Waals surface area contributed by atoms with Gasteiger partial charge in [0.1, 0.15) is 0 Å². The summed E-state index contributed by atoms with van der Waals surface area (Å²) < 4.78 is 2.98. The molecule has 6 heteroatoms. The fraction of sp³-hybridized carbons (Fsp3) is 0.440. The monoisotopic (exact) mass is 419 g/mol. The van der Waals surface area contributed by atoms with E-state index >= 15 is 0 Å². The summed E-state index contributed by atoms with van der Waals surface area (Å²) in [7, 11) is 0. The normalized spacial score (nSPS) is 18.0. The van der Waals surface area contributed by atoms with E-state index in [2.05, 4.69) is 23.1 Å². The van der Waals surface area contributed by atoms with Gasteiger partial charge in [-0.3, -0.25) is 18.8 Å². The van der Waals surface area contributed by atoms with Gasteiger partial charge in [0, 0.05) is 26.2 Å². The number of aliphatic hydroxyl groups excluding tert-OH is 1. The second-order valence-corrected chi connectivity index (χ2v) is 9.03. The van der Waals surface area contributed by atoms with Crippen LogP contribution in [0.1, 0.15) is 30.4 Å². The minimum Gasteiger partial charge on any atom is -0.390 e. The molecular weight excluding hydrogens is 390 g/mol. The molecule has 0 radical (unpaired) electrons. The number of aromatic nitrogens is 2. The van der Waals surface area contributed by atoms with Crippen molar-refractivity contribution in [2.75, 3.05) is 13.1 Å². The Labute approximate surface area is 181 Å². The molecule has 1 aromatic heterocycles. The van der Waals surface area contributed by atoms with E-state index in [0.717, 1.165) is 32.4 Å². The van der Waals surface area contributed by atoms with Crippen molar-refractivity contribution in [2.45, 2.75) is 51.4 Å². The minimum absolute atomic E-state index is 0.0192. The van der Waals surface area contributed by atoms with Crippen molar-refractivity contribution < 1.29 is 5.11 Å². The summed E-state index contributed by atoms with van der Waals surface area (Å²) in [6, 6.07) is 15.7. The number of β-amino-alcohol motifs (C(OH)–C–C–N with tert-alkyl or cyclic N) is 1. The van der Waals surface area contributed by atoms with Crippen molar-refractivity contribution in [3.05, 3.63) is 80.5 Å². The molecule has 6 nitrogen and oxygen atoms in total. The average Bonchev–Trinajstić information content (AvgIpc) is 2.75. The first-order valence-electron chi connectivity index (χ1n) is 11.3. The fourth-order valence-corrected chi connectivity index (χ4v) is 4.92. The third kappa shape index (κ3) is 3.98. The SMILES string of the molecule is O=c1c2ccccc2n(CC2CCC2)c(=O)n1C[C@H](O)CN1CCc2ccccc2C1. The van der Waals surface area contributed by atoms with Gasteiger partial charge < -0.3 is 5.11 Å². The first kappa shape index (κ1) is 20.2. The Morgan fingerprint density at radius 2 is 1.68 bits per heavy atom. The Balaban J connectivity index is 1.39. The van der Waals surface area contributed by atoms with Crippen molar-refractivity contribution in [3.8, 4) is 0 Å². The topological polar surface area (TPSA) is 67.5 Å². The molecule has 1 fully saturated rings. The fourth-order valence-electron chi connectivity index (χ4n) is 4.92. The summed E-state index contributed by atoms with van der Waals surface area (Å²) in [6.07, 6.45) is 3.62. The zero-order valence-corrected chi connectivity index (χ0v) is 17.7. The lowest BCUT2D eigenvalue weighted by Gasteiger charge is -2.30. The van der Waals surface area contributed by atoms with E-state index in [4.69, 9.17) is 0 Å². The van der Waals surface area contributed by atoms with Crippen molar-refractivity contribution in [1.82, 2.24) is 14.0 Å². The average molecular weight is 420 g/mol. The van der Waals surface area contributed by atoms with Gasteiger partial charge in [-0.05, 0) is 48.4 Å². The molecule has 1 aliphatic carbocycles. The van der Waals surface area contributed by atoms with Crippen LogP contribution in [0.15, 0.2) is 58.1 Å². The molecule has 1 N–H and O–H groups in total. The van der Waals surface area contributed by atoms with Crippen LogP contribution in [-0.4, -0.2) is 38.3 Å². The molecule has 2 heterocycles. The number of nitrogens with zero attached hydrogens (tertiary/aromatic N) is 3. The third-order valence-corrected chi connectivity index (χ3v) is 6.87. The Morgan fingerprint density at radius 1 is 0.935 bits per heavy atom. The first-order valence-corrected chi connectivity index (χ1v) is 11.3. The van der Waals surface area contributed by atoms with E-state index in [9.17, 15) is 14.7 Å². The summed E-state index contributed by atoms with van der Waals surface area (Å²) in [5, 5.41) is 11.3. The lowest BCUT2D eigenvalue weighted by atomic mass is 9.85. The molecule has 1 saturated carbocycles. The van der Waals surface area contributed by atoms with Crippen LogP contribution in [-0.2, 0) is 26.1 Å². The van der Waals surface area contributed by atoms with E-state index in [0.29, 0.717) is 29.9 Å². The lowest BCUT2D eigenvalue weighted by molar-refractivity contribution is 0.0895. The third-order valence-electron chi connectivity index (χ3n) is 6.87. The molecule has 162 valence electrons. The van der Waals surface area contributed by atoms with Crippen LogP contribution in [0.5, 0.6) is 0 Å². The van der Waals surface area contributed by atoms with Crippen molar-refractivity contribution in [3.63, 3.8) is 0 Å². The summed E-state index contributed by atoms with van der Waals surface area (Å²) in [5.74, 6) is 0.491. The predicted octanol–water partition coefficient (Wildman–Crippen LogP) is 2.38. The van der Waals surface area contributed by atoms with Gasteiger partial charge in [0.25, 0.3) is 5.56 Å². The van der Waals surface area contributed by atoms with Gasteiger partial charge in [0.15, 0.2) is 0 Å². The molecule has 31 heavy (non-hydrogen) atoms. The maximum atomic E-state index is 13.3. The molecule has 1 aliphatic heterocycles. The van der Waals surface area contributed by atoms with Gasteiger partial charge >= 0.3 is 5.69 Å². The minimum atomic E-state index is -0.783. The molecule has 2 aliphatic rings. The Hall–Kier alpha value is -2.70. The number of rotatable bonds is 6. The molecule has 0 amide bonds. The van der Waals surface area contributed by atoms with Gasteiger partial charge in [-0.25, -0.2) is 4.79 Å². The molecule has 1 atom stereocenters.